The molecule has 0 radical (unpaired) electrons. The maximum absolute atomic E-state index is 12.9. The van der Waals surface area contributed by atoms with Crippen molar-refractivity contribution >= 4 is 17.6 Å². The Labute approximate surface area is 102 Å². The lowest BCUT2D eigenvalue weighted by Crippen LogP contribution is -2.15. The largest absolute Gasteiger partial charge is 0.464 e. The number of carbonyl (C=O) groups excluding carboxylic acids is 2. The minimum absolute atomic E-state index is 0.245. The molecule has 0 saturated heterocycles. The van der Waals surface area contributed by atoms with Crippen LogP contribution in [0.5, 0.6) is 0 Å². The molecule has 1 aliphatic rings. The van der Waals surface area contributed by atoms with E-state index in [9.17, 15) is 14.0 Å². The van der Waals surface area contributed by atoms with Crippen molar-refractivity contribution in [1.29, 1.82) is 0 Å². The Morgan fingerprint density at radius 2 is 1.72 bits per heavy atom. The van der Waals surface area contributed by atoms with Crippen LogP contribution in [-0.4, -0.2) is 11.6 Å². The van der Waals surface area contributed by atoms with Gasteiger partial charge in [-0.15, -0.1) is 0 Å². The number of Topliss-reactive ketones (excluding diaryl/α,β-unsaturated/α-hetero) is 1. The van der Waals surface area contributed by atoms with E-state index in [1.807, 2.05) is 0 Å². The Bertz CT molecular complexity index is 678. The fourth-order valence-electron chi connectivity index (χ4n) is 1.92. The summed E-state index contributed by atoms with van der Waals surface area (Å²) in [6.07, 6.45) is 4.05. The van der Waals surface area contributed by atoms with E-state index in [-0.39, 0.29) is 11.4 Å². The first kappa shape index (κ1) is 10.7. The Morgan fingerprint density at radius 1 is 1.00 bits per heavy atom. The van der Waals surface area contributed by atoms with E-state index in [0.29, 0.717) is 16.9 Å². The van der Waals surface area contributed by atoms with Gasteiger partial charge in [-0.3, -0.25) is 9.59 Å². The minimum Gasteiger partial charge on any atom is -0.464 e. The number of fused-ring (bicyclic) bond motifs is 1. The summed E-state index contributed by atoms with van der Waals surface area (Å²) in [4.78, 5) is 23.2. The van der Waals surface area contributed by atoms with E-state index in [2.05, 4.69) is 0 Å². The highest BCUT2D eigenvalue weighted by molar-refractivity contribution is 6.50. The molecule has 0 spiro atoms. The van der Waals surface area contributed by atoms with Crippen molar-refractivity contribution < 1.29 is 18.4 Å². The molecule has 0 aliphatic heterocycles. The lowest BCUT2D eigenvalue weighted by molar-refractivity contribution is -0.110. The first-order chi connectivity index (χ1) is 8.66. The summed E-state index contributed by atoms with van der Waals surface area (Å²) in [6, 6.07) is 5.66. The summed E-state index contributed by atoms with van der Waals surface area (Å²) in [5.41, 5.74) is 1.39. The van der Waals surface area contributed by atoms with Gasteiger partial charge in [-0.2, -0.15) is 0 Å². The molecule has 1 heterocycles. The Kier molecular flexibility index (Phi) is 2.23. The van der Waals surface area contributed by atoms with Crippen LogP contribution in [0.1, 0.15) is 16.1 Å². The van der Waals surface area contributed by atoms with Gasteiger partial charge in [0, 0.05) is 5.56 Å². The van der Waals surface area contributed by atoms with Gasteiger partial charge in [-0.25, -0.2) is 4.39 Å². The summed E-state index contributed by atoms with van der Waals surface area (Å²) in [6.45, 7) is 0. The van der Waals surface area contributed by atoms with Crippen LogP contribution >= 0.6 is 0 Å². The van der Waals surface area contributed by atoms with Crippen LogP contribution in [0.25, 0.3) is 17.2 Å². The topological polar surface area (TPSA) is 47.3 Å². The minimum atomic E-state index is -0.597. The molecule has 1 aromatic carbocycles. The van der Waals surface area contributed by atoms with E-state index in [1.54, 1.807) is 0 Å². The van der Waals surface area contributed by atoms with Gasteiger partial charge < -0.3 is 4.42 Å². The monoisotopic (exact) mass is 242 g/mol. The average molecular weight is 242 g/mol. The third-order valence-electron chi connectivity index (χ3n) is 2.81. The van der Waals surface area contributed by atoms with Gasteiger partial charge in [-0.1, -0.05) is 12.1 Å². The number of furan rings is 1. The average Bonchev–Trinajstić information content (AvgIpc) is 2.79. The van der Waals surface area contributed by atoms with E-state index in [0.717, 1.165) is 0 Å². The van der Waals surface area contributed by atoms with Crippen molar-refractivity contribution in [3.63, 3.8) is 0 Å². The number of ketones is 2. The zero-order chi connectivity index (χ0) is 12.7. The smallest absolute Gasteiger partial charge is 0.237 e. The maximum Gasteiger partial charge on any atom is 0.237 e. The van der Waals surface area contributed by atoms with Crippen molar-refractivity contribution in [2.24, 2.45) is 0 Å². The second kappa shape index (κ2) is 3.77. The summed E-state index contributed by atoms with van der Waals surface area (Å²) < 4.78 is 18.1. The third-order valence-corrected chi connectivity index (χ3v) is 2.81. The standard InChI is InChI=1S/C14H7FO3/c15-9-3-1-8(2-4-9)10-7-18-12-6-5-11(16)14(17)13(10)12/h1-7H. The van der Waals surface area contributed by atoms with Gasteiger partial charge in [0.05, 0.1) is 11.8 Å². The summed E-state index contributed by atoms with van der Waals surface area (Å²) in [7, 11) is 0. The molecule has 0 fully saturated rings. The van der Waals surface area contributed by atoms with Crippen molar-refractivity contribution in [1.82, 2.24) is 0 Å². The lowest BCUT2D eigenvalue weighted by Gasteiger charge is -2.04. The molecule has 4 heteroatoms. The fourth-order valence-corrected chi connectivity index (χ4v) is 1.92. The van der Waals surface area contributed by atoms with E-state index < -0.39 is 11.6 Å². The first-order valence-electron chi connectivity index (χ1n) is 5.31. The van der Waals surface area contributed by atoms with E-state index in [4.69, 9.17) is 4.42 Å². The Balaban J connectivity index is 2.18. The molecular weight excluding hydrogens is 235 g/mol. The molecule has 0 N–H and O–H groups in total. The van der Waals surface area contributed by atoms with Crippen molar-refractivity contribution in [2.45, 2.75) is 0 Å². The Hall–Kier alpha value is -2.49. The number of benzene rings is 1. The Morgan fingerprint density at radius 3 is 2.44 bits per heavy atom. The van der Waals surface area contributed by atoms with Crippen LogP contribution in [-0.2, 0) is 4.79 Å². The zero-order valence-corrected chi connectivity index (χ0v) is 9.14. The highest BCUT2D eigenvalue weighted by Crippen LogP contribution is 2.31. The molecule has 0 bridgehead atoms. The number of halogens is 1. The van der Waals surface area contributed by atoms with Gasteiger partial charge in [0.2, 0.25) is 11.6 Å². The molecule has 0 atom stereocenters. The highest BCUT2D eigenvalue weighted by Gasteiger charge is 2.27. The lowest BCUT2D eigenvalue weighted by atomic mass is 9.94. The number of rotatable bonds is 1. The van der Waals surface area contributed by atoms with Gasteiger partial charge in [-0.05, 0) is 29.8 Å². The summed E-state index contributed by atoms with van der Waals surface area (Å²) in [5.74, 6) is -1.18. The predicted octanol–water partition coefficient (Wildman–Crippen LogP) is 2.86. The second-order valence-electron chi connectivity index (χ2n) is 3.92. The molecule has 1 aromatic heterocycles. The number of hydrogen-bond acceptors (Lipinski definition) is 3. The highest BCUT2D eigenvalue weighted by atomic mass is 19.1. The zero-order valence-electron chi connectivity index (χ0n) is 9.14. The van der Waals surface area contributed by atoms with Gasteiger partial charge in [0.1, 0.15) is 11.6 Å². The molecule has 88 valence electrons. The number of carbonyl (C=O) groups is 2. The summed E-state index contributed by atoms with van der Waals surface area (Å²) in [5, 5.41) is 0. The molecule has 2 aromatic rings. The van der Waals surface area contributed by atoms with Gasteiger partial charge in [0.25, 0.3) is 0 Å². The number of allylic oxidation sites excluding steroid dienone is 1. The van der Waals surface area contributed by atoms with Crippen molar-refractivity contribution in [3.05, 3.63) is 53.7 Å². The molecule has 3 rings (SSSR count). The van der Waals surface area contributed by atoms with E-state index in [1.165, 1.54) is 42.7 Å². The summed E-state index contributed by atoms with van der Waals surface area (Å²) >= 11 is 0. The molecule has 0 unspecified atom stereocenters. The third kappa shape index (κ3) is 1.50. The van der Waals surface area contributed by atoms with Crippen LogP contribution in [0.15, 0.2) is 41.0 Å². The molecule has 3 nitrogen and oxygen atoms in total. The van der Waals surface area contributed by atoms with Gasteiger partial charge in [0.15, 0.2) is 0 Å². The first-order valence-corrected chi connectivity index (χ1v) is 5.31. The van der Waals surface area contributed by atoms with Crippen LogP contribution in [0.3, 0.4) is 0 Å². The fraction of sp³-hybridized carbons (Fsp3) is 0. The van der Waals surface area contributed by atoms with Crippen LogP contribution in [0, 0.1) is 5.82 Å². The van der Waals surface area contributed by atoms with Gasteiger partial charge >= 0.3 is 0 Å². The molecule has 0 amide bonds. The second-order valence-corrected chi connectivity index (χ2v) is 3.92. The molecular formula is C14H7FO3. The maximum atomic E-state index is 12.9. The predicted molar refractivity (Wildman–Crippen MR) is 62.5 cm³/mol. The SMILES string of the molecule is O=C1C=Cc2occ(-c3ccc(F)cc3)c2C1=O. The van der Waals surface area contributed by atoms with Crippen LogP contribution < -0.4 is 0 Å². The normalized spacial score (nSPS) is 13.8. The van der Waals surface area contributed by atoms with E-state index >= 15 is 0 Å². The molecule has 1 aliphatic carbocycles. The van der Waals surface area contributed by atoms with Crippen molar-refractivity contribution in [3.8, 4) is 11.1 Å². The molecule has 0 saturated carbocycles. The number of hydrogen-bond donors (Lipinski definition) is 0. The van der Waals surface area contributed by atoms with Crippen LogP contribution in [0.4, 0.5) is 4.39 Å². The van der Waals surface area contributed by atoms with Crippen molar-refractivity contribution in [2.75, 3.05) is 0 Å². The quantitative estimate of drug-likeness (QED) is 0.722. The molecule has 18 heavy (non-hydrogen) atoms. The van der Waals surface area contributed by atoms with Crippen LogP contribution in [0.2, 0.25) is 0 Å².